The monoisotopic (exact) mass is 375 g/mol. The van der Waals surface area contributed by atoms with Crippen LogP contribution in [-0.4, -0.2) is 20.2 Å². The maximum atomic E-state index is 13.2. The van der Waals surface area contributed by atoms with E-state index in [2.05, 4.69) is 4.74 Å². The highest BCUT2D eigenvalue weighted by molar-refractivity contribution is 6.32. The highest BCUT2D eigenvalue weighted by Gasteiger charge is 2.14. The topological polar surface area (TPSA) is 68.6 Å². The number of carbonyl (C=O) groups excluding carboxylic acids is 1. The normalized spacial score (nSPS) is 10.8. The van der Waals surface area contributed by atoms with Gasteiger partial charge in [-0.3, -0.25) is 0 Å². The molecule has 5 nitrogen and oxygen atoms in total. The van der Waals surface area contributed by atoms with Gasteiger partial charge < -0.3 is 14.2 Å². The molecule has 0 saturated carbocycles. The van der Waals surface area contributed by atoms with Crippen LogP contribution in [0.15, 0.2) is 42.0 Å². The van der Waals surface area contributed by atoms with E-state index in [-0.39, 0.29) is 28.8 Å². The molecule has 0 fully saturated rings. The Morgan fingerprint density at radius 3 is 2.69 bits per heavy atom. The molecule has 0 radical (unpaired) electrons. The number of benzene rings is 2. The van der Waals surface area contributed by atoms with E-state index >= 15 is 0 Å². The predicted octanol–water partition coefficient (Wildman–Crippen LogP) is 4.15. The van der Waals surface area contributed by atoms with E-state index in [9.17, 15) is 9.18 Å². The molecule has 7 heteroatoms. The van der Waals surface area contributed by atoms with Gasteiger partial charge in [0.2, 0.25) is 0 Å². The molecule has 0 unspecified atom stereocenters. The second-order valence-corrected chi connectivity index (χ2v) is 5.52. The number of ether oxygens (including phenoxy) is 3. The lowest BCUT2D eigenvalue weighted by Crippen LogP contribution is -2.03. The van der Waals surface area contributed by atoms with E-state index in [1.165, 1.54) is 38.5 Å². The van der Waals surface area contributed by atoms with Crippen LogP contribution in [0.25, 0.3) is 6.08 Å². The zero-order chi connectivity index (χ0) is 19.1. The number of hydrogen-bond donors (Lipinski definition) is 0. The van der Waals surface area contributed by atoms with Crippen molar-refractivity contribution in [1.82, 2.24) is 0 Å². The van der Waals surface area contributed by atoms with Gasteiger partial charge in [0.25, 0.3) is 0 Å². The molecule has 0 N–H and O–H groups in total. The second kappa shape index (κ2) is 8.88. The maximum Gasteiger partial charge on any atom is 0.348 e. The number of carbonyl (C=O) groups is 1. The quantitative estimate of drug-likeness (QED) is 0.431. The molecule has 0 aromatic heterocycles. The number of halogens is 2. The fraction of sp³-hybridized carbons (Fsp3) is 0.158. The van der Waals surface area contributed by atoms with Gasteiger partial charge in [0.1, 0.15) is 24.1 Å². The van der Waals surface area contributed by atoms with Gasteiger partial charge in [0.05, 0.1) is 19.2 Å². The van der Waals surface area contributed by atoms with Crippen LogP contribution >= 0.6 is 11.6 Å². The summed E-state index contributed by atoms with van der Waals surface area (Å²) in [5.41, 5.74) is 0.913. The molecule has 0 aliphatic carbocycles. The Bertz CT molecular complexity index is 890. The fourth-order valence-electron chi connectivity index (χ4n) is 2.16. The predicted molar refractivity (Wildman–Crippen MR) is 94.3 cm³/mol. The highest BCUT2D eigenvalue weighted by atomic mass is 35.5. The van der Waals surface area contributed by atoms with Gasteiger partial charge in [-0.2, -0.15) is 5.26 Å². The van der Waals surface area contributed by atoms with Crippen molar-refractivity contribution >= 4 is 23.6 Å². The maximum absolute atomic E-state index is 13.2. The van der Waals surface area contributed by atoms with Gasteiger partial charge in [-0.05, 0) is 41.5 Å². The van der Waals surface area contributed by atoms with E-state index < -0.39 is 5.97 Å². The zero-order valence-electron chi connectivity index (χ0n) is 14.1. The SMILES string of the molecule is COC(=O)/C(C#N)=C/c1cc(Cl)c(OCc2cccc(F)c2)c(OC)c1. The van der Waals surface area contributed by atoms with Crippen LogP contribution in [0.2, 0.25) is 5.02 Å². The summed E-state index contributed by atoms with van der Waals surface area (Å²) in [5, 5.41) is 9.25. The molecule has 0 heterocycles. The number of esters is 1. The van der Waals surface area contributed by atoms with Crippen molar-refractivity contribution in [3.8, 4) is 17.6 Å². The van der Waals surface area contributed by atoms with Crippen molar-refractivity contribution in [1.29, 1.82) is 5.26 Å². The molecular weight excluding hydrogens is 361 g/mol. The Labute approximate surface area is 155 Å². The summed E-state index contributed by atoms with van der Waals surface area (Å²) in [4.78, 5) is 11.5. The molecule has 0 bridgehead atoms. The summed E-state index contributed by atoms with van der Waals surface area (Å²) in [6.45, 7) is 0.0919. The van der Waals surface area contributed by atoms with E-state index in [1.807, 2.05) is 0 Å². The molecule has 0 amide bonds. The minimum atomic E-state index is -0.756. The highest BCUT2D eigenvalue weighted by Crippen LogP contribution is 2.37. The number of methoxy groups -OCH3 is 2. The third kappa shape index (κ3) is 4.74. The standard InChI is InChI=1S/C19H15ClFNO4/c1-24-17-9-13(6-14(10-22)19(23)25-2)8-16(20)18(17)26-11-12-4-3-5-15(21)7-12/h3-9H,11H2,1-2H3/b14-6+. The Kier molecular flexibility index (Phi) is 6.59. The number of hydrogen-bond acceptors (Lipinski definition) is 5. The lowest BCUT2D eigenvalue weighted by Gasteiger charge is -2.13. The Morgan fingerprint density at radius 1 is 1.31 bits per heavy atom. The van der Waals surface area contributed by atoms with Crippen LogP contribution in [0, 0.1) is 17.1 Å². The second-order valence-electron chi connectivity index (χ2n) is 5.11. The molecular formula is C19H15ClFNO4. The lowest BCUT2D eigenvalue weighted by atomic mass is 10.1. The molecule has 0 aliphatic heterocycles. The largest absolute Gasteiger partial charge is 0.493 e. The first kappa shape index (κ1) is 19.3. The van der Waals surface area contributed by atoms with Crippen LogP contribution < -0.4 is 9.47 Å². The molecule has 2 rings (SSSR count). The molecule has 0 saturated heterocycles. The number of rotatable bonds is 6. The Hall–Kier alpha value is -3.04. The van der Waals surface area contributed by atoms with Crippen LogP contribution in [0.3, 0.4) is 0 Å². The minimum Gasteiger partial charge on any atom is -0.493 e. The van der Waals surface area contributed by atoms with Crippen molar-refractivity contribution in [3.63, 3.8) is 0 Å². The zero-order valence-corrected chi connectivity index (χ0v) is 14.8. The molecule has 2 aromatic rings. The first-order chi connectivity index (χ1) is 12.5. The van der Waals surface area contributed by atoms with Crippen LogP contribution in [0.4, 0.5) is 4.39 Å². The first-order valence-electron chi connectivity index (χ1n) is 7.43. The van der Waals surface area contributed by atoms with E-state index in [1.54, 1.807) is 24.3 Å². The van der Waals surface area contributed by atoms with Crippen molar-refractivity contribution in [3.05, 3.63) is 63.9 Å². The summed E-state index contributed by atoms with van der Waals surface area (Å²) >= 11 is 6.24. The molecule has 0 atom stereocenters. The summed E-state index contributed by atoms with van der Waals surface area (Å²) < 4.78 is 28.7. The number of nitrogens with zero attached hydrogens (tertiary/aromatic N) is 1. The van der Waals surface area contributed by atoms with Gasteiger partial charge in [0.15, 0.2) is 11.5 Å². The van der Waals surface area contributed by atoms with E-state index in [0.717, 1.165) is 0 Å². The lowest BCUT2D eigenvalue weighted by molar-refractivity contribution is -0.135. The Morgan fingerprint density at radius 2 is 2.08 bits per heavy atom. The molecule has 0 aliphatic rings. The van der Waals surface area contributed by atoms with Crippen molar-refractivity contribution in [2.75, 3.05) is 14.2 Å². The van der Waals surface area contributed by atoms with Gasteiger partial charge >= 0.3 is 5.97 Å². The summed E-state index contributed by atoms with van der Waals surface area (Å²) in [6, 6.07) is 10.8. The summed E-state index contributed by atoms with van der Waals surface area (Å²) in [7, 11) is 2.62. The van der Waals surface area contributed by atoms with E-state index in [4.69, 9.17) is 26.3 Å². The Balaban J connectivity index is 2.30. The molecule has 2 aromatic carbocycles. The molecule has 134 valence electrons. The minimum absolute atomic E-state index is 0.0919. The van der Waals surface area contributed by atoms with Gasteiger partial charge in [-0.25, -0.2) is 9.18 Å². The van der Waals surface area contributed by atoms with Gasteiger partial charge in [-0.1, -0.05) is 23.7 Å². The van der Waals surface area contributed by atoms with E-state index in [0.29, 0.717) is 16.9 Å². The third-order valence-corrected chi connectivity index (χ3v) is 3.64. The fourth-order valence-corrected chi connectivity index (χ4v) is 2.43. The van der Waals surface area contributed by atoms with Crippen molar-refractivity contribution in [2.24, 2.45) is 0 Å². The number of nitriles is 1. The molecule has 0 spiro atoms. The average molecular weight is 376 g/mol. The van der Waals surface area contributed by atoms with Crippen LogP contribution in [0.5, 0.6) is 11.5 Å². The van der Waals surface area contributed by atoms with Crippen molar-refractivity contribution < 1.29 is 23.4 Å². The molecule has 26 heavy (non-hydrogen) atoms. The van der Waals surface area contributed by atoms with Gasteiger partial charge in [-0.15, -0.1) is 0 Å². The van der Waals surface area contributed by atoms with Crippen LogP contribution in [0.1, 0.15) is 11.1 Å². The average Bonchev–Trinajstić information content (AvgIpc) is 2.64. The van der Waals surface area contributed by atoms with Gasteiger partial charge in [0, 0.05) is 0 Å². The van der Waals surface area contributed by atoms with Crippen LogP contribution in [-0.2, 0) is 16.1 Å². The van der Waals surface area contributed by atoms with Crippen molar-refractivity contribution in [2.45, 2.75) is 6.61 Å². The smallest absolute Gasteiger partial charge is 0.348 e. The summed E-state index contributed by atoms with van der Waals surface area (Å²) in [6.07, 6.45) is 1.33. The first-order valence-corrected chi connectivity index (χ1v) is 7.81. The summed E-state index contributed by atoms with van der Waals surface area (Å²) in [5.74, 6) is -0.542. The third-order valence-electron chi connectivity index (χ3n) is 3.36.